The fourth-order valence-corrected chi connectivity index (χ4v) is 3.44. The SMILES string of the molecule is CC1CC1CN(C)CC1(CBr)CCC1. The lowest BCUT2D eigenvalue weighted by atomic mass is 9.70. The fraction of sp³-hybridized carbons (Fsp3) is 1.00. The van der Waals surface area contributed by atoms with Gasteiger partial charge in [-0.15, -0.1) is 0 Å². The van der Waals surface area contributed by atoms with E-state index in [1.807, 2.05) is 0 Å². The van der Waals surface area contributed by atoms with Gasteiger partial charge in [0.1, 0.15) is 0 Å². The Kier molecular flexibility index (Phi) is 3.23. The van der Waals surface area contributed by atoms with Crippen molar-refractivity contribution in [3.8, 4) is 0 Å². The zero-order chi connectivity index (χ0) is 10.2. The molecule has 0 aliphatic heterocycles. The number of halogens is 1. The molecule has 2 fully saturated rings. The van der Waals surface area contributed by atoms with Gasteiger partial charge in [-0.2, -0.15) is 0 Å². The Morgan fingerprint density at radius 2 is 2.07 bits per heavy atom. The van der Waals surface area contributed by atoms with Crippen molar-refractivity contribution < 1.29 is 0 Å². The van der Waals surface area contributed by atoms with Gasteiger partial charge in [0.15, 0.2) is 0 Å². The van der Waals surface area contributed by atoms with E-state index >= 15 is 0 Å². The van der Waals surface area contributed by atoms with E-state index < -0.39 is 0 Å². The van der Waals surface area contributed by atoms with Crippen molar-refractivity contribution in [2.24, 2.45) is 17.3 Å². The molecule has 0 heterocycles. The molecule has 2 aliphatic rings. The second kappa shape index (κ2) is 4.13. The molecule has 2 rings (SSSR count). The van der Waals surface area contributed by atoms with Crippen LogP contribution in [0.2, 0.25) is 0 Å². The summed E-state index contributed by atoms with van der Waals surface area (Å²) in [6.07, 6.45) is 5.77. The molecule has 0 N–H and O–H groups in total. The summed E-state index contributed by atoms with van der Waals surface area (Å²) >= 11 is 3.68. The number of nitrogens with zero attached hydrogens (tertiary/aromatic N) is 1. The summed E-state index contributed by atoms with van der Waals surface area (Å²) in [5.41, 5.74) is 0.632. The average Bonchev–Trinajstić information content (AvgIpc) is 2.74. The van der Waals surface area contributed by atoms with Crippen LogP contribution in [0, 0.1) is 17.3 Å². The Morgan fingerprint density at radius 3 is 2.43 bits per heavy atom. The zero-order valence-corrected chi connectivity index (χ0v) is 11.0. The van der Waals surface area contributed by atoms with Crippen LogP contribution in [0.25, 0.3) is 0 Å². The molecule has 14 heavy (non-hydrogen) atoms. The molecule has 2 saturated carbocycles. The third-order valence-corrected chi connectivity index (χ3v) is 5.31. The molecule has 0 aromatic heterocycles. The van der Waals surface area contributed by atoms with Gasteiger partial charge in [0, 0.05) is 18.4 Å². The van der Waals surface area contributed by atoms with Gasteiger partial charge in [-0.25, -0.2) is 0 Å². The molecule has 2 heteroatoms. The Labute approximate surface area is 96.4 Å². The van der Waals surface area contributed by atoms with Gasteiger partial charge in [0.25, 0.3) is 0 Å². The first-order chi connectivity index (χ1) is 6.65. The third kappa shape index (κ3) is 2.33. The summed E-state index contributed by atoms with van der Waals surface area (Å²) in [7, 11) is 2.30. The average molecular weight is 260 g/mol. The Morgan fingerprint density at radius 1 is 1.43 bits per heavy atom. The summed E-state index contributed by atoms with van der Waals surface area (Å²) in [4.78, 5) is 2.56. The molecule has 0 aromatic carbocycles. The number of rotatable bonds is 5. The zero-order valence-electron chi connectivity index (χ0n) is 9.43. The van der Waals surface area contributed by atoms with Crippen molar-refractivity contribution in [2.75, 3.05) is 25.5 Å². The lowest BCUT2D eigenvalue weighted by Crippen LogP contribution is -2.42. The van der Waals surface area contributed by atoms with E-state index in [0.717, 1.165) is 11.8 Å². The van der Waals surface area contributed by atoms with Gasteiger partial charge >= 0.3 is 0 Å². The normalized spacial score (nSPS) is 34.3. The van der Waals surface area contributed by atoms with Crippen LogP contribution >= 0.6 is 15.9 Å². The molecule has 0 amide bonds. The van der Waals surface area contributed by atoms with Gasteiger partial charge in [-0.05, 0) is 43.6 Å². The summed E-state index contributed by atoms with van der Waals surface area (Å²) < 4.78 is 0. The summed E-state index contributed by atoms with van der Waals surface area (Å²) in [5.74, 6) is 2.01. The van der Waals surface area contributed by atoms with Crippen molar-refractivity contribution in [3.63, 3.8) is 0 Å². The quantitative estimate of drug-likeness (QED) is 0.686. The first-order valence-electron chi connectivity index (χ1n) is 5.90. The van der Waals surface area contributed by atoms with Crippen molar-refractivity contribution in [1.29, 1.82) is 0 Å². The highest BCUT2D eigenvalue weighted by Gasteiger charge is 2.39. The summed E-state index contributed by atoms with van der Waals surface area (Å²) in [6.45, 7) is 5.01. The van der Waals surface area contributed by atoms with Crippen molar-refractivity contribution in [2.45, 2.75) is 32.6 Å². The van der Waals surface area contributed by atoms with E-state index in [2.05, 4.69) is 34.8 Å². The van der Waals surface area contributed by atoms with Crippen LogP contribution in [0.4, 0.5) is 0 Å². The van der Waals surface area contributed by atoms with E-state index in [0.29, 0.717) is 5.41 Å². The van der Waals surface area contributed by atoms with Gasteiger partial charge in [0.2, 0.25) is 0 Å². The molecule has 0 spiro atoms. The third-order valence-electron chi connectivity index (χ3n) is 4.13. The molecular weight excluding hydrogens is 238 g/mol. The van der Waals surface area contributed by atoms with Gasteiger partial charge < -0.3 is 4.90 Å². The van der Waals surface area contributed by atoms with Crippen molar-refractivity contribution >= 4 is 15.9 Å². The predicted molar refractivity (Wildman–Crippen MR) is 64.8 cm³/mol. The van der Waals surface area contributed by atoms with Gasteiger partial charge in [-0.1, -0.05) is 29.3 Å². The Hall–Kier alpha value is 0.440. The molecule has 2 atom stereocenters. The lowest BCUT2D eigenvalue weighted by Gasteiger charge is -2.43. The minimum absolute atomic E-state index is 0.632. The second-order valence-corrected chi connectivity index (χ2v) is 6.22. The van der Waals surface area contributed by atoms with E-state index in [-0.39, 0.29) is 0 Å². The van der Waals surface area contributed by atoms with Gasteiger partial charge in [0.05, 0.1) is 0 Å². The topological polar surface area (TPSA) is 3.24 Å². The summed E-state index contributed by atoms with van der Waals surface area (Å²) in [6, 6.07) is 0. The largest absolute Gasteiger partial charge is 0.306 e. The molecular formula is C12H22BrN. The fourth-order valence-electron chi connectivity index (χ4n) is 2.70. The smallest absolute Gasteiger partial charge is 0.0100 e. The predicted octanol–water partition coefficient (Wildman–Crippen LogP) is 3.14. The van der Waals surface area contributed by atoms with E-state index in [1.54, 1.807) is 0 Å². The van der Waals surface area contributed by atoms with Crippen molar-refractivity contribution in [1.82, 2.24) is 4.90 Å². The second-order valence-electron chi connectivity index (χ2n) is 5.66. The van der Waals surface area contributed by atoms with E-state index in [1.165, 1.54) is 44.1 Å². The molecule has 0 radical (unpaired) electrons. The van der Waals surface area contributed by atoms with Crippen LogP contribution < -0.4 is 0 Å². The molecule has 2 unspecified atom stereocenters. The number of alkyl halides is 1. The number of hydrogen-bond acceptors (Lipinski definition) is 1. The van der Waals surface area contributed by atoms with Crippen LogP contribution in [0.5, 0.6) is 0 Å². The van der Waals surface area contributed by atoms with Crippen molar-refractivity contribution in [3.05, 3.63) is 0 Å². The molecule has 82 valence electrons. The molecule has 0 aromatic rings. The first kappa shape index (κ1) is 10.9. The van der Waals surface area contributed by atoms with Crippen LogP contribution in [0.3, 0.4) is 0 Å². The van der Waals surface area contributed by atoms with Crippen LogP contribution in [0.15, 0.2) is 0 Å². The maximum atomic E-state index is 3.68. The monoisotopic (exact) mass is 259 g/mol. The standard InChI is InChI=1S/C12H22BrN/c1-10-6-11(10)7-14(2)9-12(8-13)4-3-5-12/h10-11H,3-9H2,1-2H3. The highest BCUT2D eigenvalue weighted by atomic mass is 79.9. The first-order valence-corrected chi connectivity index (χ1v) is 7.02. The molecule has 2 aliphatic carbocycles. The van der Waals surface area contributed by atoms with Crippen LogP contribution in [-0.2, 0) is 0 Å². The van der Waals surface area contributed by atoms with Crippen LogP contribution in [0.1, 0.15) is 32.6 Å². The van der Waals surface area contributed by atoms with Gasteiger partial charge in [-0.3, -0.25) is 0 Å². The lowest BCUT2D eigenvalue weighted by molar-refractivity contribution is 0.103. The molecule has 1 nitrogen and oxygen atoms in total. The Bertz CT molecular complexity index is 195. The van der Waals surface area contributed by atoms with Crippen LogP contribution in [-0.4, -0.2) is 30.4 Å². The Balaban J connectivity index is 1.72. The van der Waals surface area contributed by atoms with E-state index in [9.17, 15) is 0 Å². The molecule has 0 saturated heterocycles. The maximum absolute atomic E-state index is 3.68. The van der Waals surface area contributed by atoms with E-state index in [4.69, 9.17) is 0 Å². The number of hydrogen-bond donors (Lipinski definition) is 0. The summed E-state index contributed by atoms with van der Waals surface area (Å²) in [5, 5.41) is 1.20. The highest BCUT2D eigenvalue weighted by Crippen LogP contribution is 2.44. The maximum Gasteiger partial charge on any atom is 0.0100 e. The molecule has 0 bridgehead atoms. The highest BCUT2D eigenvalue weighted by molar-refractivity contribution is 9.09. The minimum Gasteiger partial charge on any atom is -0.306 e. The minimum atomic E-state index is 0.632.